The van der Waals surface area contributed by atoms with Crippen LogP contribution in [0.15, 0.2) is 56.0 Å². The molecule has 3 aromatic heterocycles. The third-order valence-electron chi connectivity index (χ3n) is 3.26. The third kappa shape index (κ3) is 3.37. The molecule has 0 saturated carbocycles. The number of hydrogen-bond acceptors (Lipinski definition) is 6. The van der Waals surface area contributed by atoms with Crippen molar-refractivity contribution in [1.29, 1.82) is 0 Å². The molecule has 3 heterocycles. The summed E-state index contributed by atoms with van der Waals surface area (Å²) in [4.78, 5) is 0. The fourth-order valence-electron chi connectivity index (χ4n) is 2.06. The Hall–Kier alpha value is -1.16. The molecule has 0 radical (unpaired) electrons. The summed E-state index contributed by atoms with van der Waals surface area (Å²) < 4.78 is 32.9. The van der Waals surface area contributed by atoms with Gasteiger partial charge in [0.15, 0.2) is 5.60 Å². The molecule has 122 valence electrons. The van der Waals surface area contributed by atoms with Crippen LogP contribution >= 0.6 is 34.3 Å². The summed E-state index contributed by atoms with van der Waals surface area (Å²) in [5, 5.41) is 14.6. The van der Waals surface area contributed by atoms with Crippen LogP contribution < -0.4 is 4.72 Å². The van der Waals surface area contributed by atoms with E-state index < -0.39 is 15.6 Å². The number of thiophene rings is 2. The van der Waals surface area contributed by atoms with Gasteiger partial charge in [0.25, 0.3) is 0 Å². The minimum absolute atomic E-state index is 0.0922. The van der Waals surface area contributed by atoms with Crippen molar-refractivity contribution in [3.8, 4) is 0 Å². The predicted molar refractivity (Wildman–Crippen MR) is 90.5 cm³/mol. The molecule has 3 rings (SSSR count). The lowest BCUT2D eigenvalue weighted by Gasteiger charge is -2.25. The lowest BCUT2D eigenvalue weighted by atomic mass is 9.94. The molecule has 3 aromatic rings. The molecule has 9 heteroatoms. The van der Waals surface area contributed by atoms with E-state index in [0.29, 0.717) is 9.90 Å². The Morgan fingerprint density at radius 3 is 2.70 bits per heavy atom. The van der Waals surface area contributed by atoms with Crippen LogP contribution in [0.5, 0.6) is 0 Å². The second-order valence-electron chi connectivity index (χ2n) is 4.73. The first-order valence-corrected chi connectivity index (χ1v) is 10.1. The van der Waals surface area contributed by atoms with Gasteiger partial charge in [-0.2, -0.15) is 11.3 Å². The first-order valence-electron chi connectivity index (χ1n) is 6.46. The molecule has 0 saturated heterocycles. The summed E-state index contributed by atoms with van der Waals surface area (Å²) in [5.74, 6) is 0.266. The smallest absolute Gasteiger partial charge is 0.250 e. The monoisotopic (exact) mass is 389 g/mol. The lowest BCUT2D eigenvalue weighted by Crippen LogP contribution is -2.41. The Morgan fingerprint density at radius 1 is 1.30 bits per heavy atom. The van der Waals surface area contributed by atoms with Crippen LogP contribution in [-0.4, -0.2) is 20.1 Å². The Labute approximate surface area is 146 Å². The van der Waals surface area contributed by atoms with Gasteiger partial charge in [0.1, 0.15) is 9.97 Å². The van der Waals surface area contributed by atoms with E-state index in [1.165, 1.54) is 29.7 Å². The van der Waals surface area contributed by atoms with Crippen molar-refractivity contribution in [2.75, 3.05) is 6.54 Å². The number of nitrogens with one attached hydrogen (secondary N) is 1. The van der Waals surface area contributed by atoms with Crippen molar-refractivity contribution in [3.05, 3.63) is 63.0 Å². The van der Waals surface area contributed by atoms with E-state index in [1.54, 1.807) is 29.0 Å². The zero-order chi connectivity index (χ0) is 16.5. The zero-order valence-electron chi connectivity index (χ0n) is 11.6. The predicted octanol–water partition coefficient (Wildman–Crippen LogP) is 3.27. The van der Waals surface area contributed by atoms with Gasteiger partial charge in [-0.15, -0.1) is 11.3 Å². The van der Waals surface area contributed by atoms with Gasteiger partial charge >= 0.3 is 0 Å². The van der Waals surface area contributed by atoms with E-state index >= 15 is 0 Å². The number of hydrogen-bond donors (Lipinski definition) is 2. The van der Waals surface area contributed by atoms with Crippen LogP contribution in [0.1, 0.15) is 11.3 Å². The fraction of sp³-hybridized carbons (Fsp3) is 0.143. The number of aliphatic hydroxyl groups is 1. The highest BCUT2D eigenvalue weighted by Crippen LogP contribution is 2.32. The summed E-state index contributed by atoms with van der Waals surface area (Å²) >= 11 is 8.14. The molecule has 1 atom stereocenters. The highest BCUT2D eigenvalue weighted by molar-refractivity contribution is 7.91. The number of sulfonamides is 1. The first-order chi connectivity index (χ1) is 10.9. The molecule has 0 aliphatic heterocycles. The van der Waals surface area contributed by atoms with Crippen LogP contribution in [0, 0.1) is 0 Å². The van der Waals surface area contributed by atoms with E-state index in [-0.39, 0.29) is 16.5 Å². The third-order valence-corrected chi connectivity index (χ3v) is 7.07. The maximum absolute atomic E-state index is 12.3. The van der Waals surface area contributed by atoms with Crippen molar-refractivity contribution >= 4 is 44.3 Å². The molecule has 23 heavy (non-hydrogen) atoms. The van der Waals surface area contributed by atoms with Gasteiger partial charge in [0.2, 0.25) is 10.0 Å². The minimum Gasteiger partial charge on any atom is -0.466 e. The van der Waals surface area contributed by atoms with Gasteiger partial charge in [-0.3, -0.25) is 0 Å². The number of rotatable bonds is 6. The Morgan fingerprint density at radius 2 is 2.13 bits per heavy atom. The Bertz CT molecular complexity index is 835. The van der Waals surface area contributed by atoms with Gasteiger partial charge in [0.05, 0.1) is 17.1 Å². The minimum atomic E-state index is -3.77. The molecular weight excluding hydrogens is 378 g/mol. The largest absolute Gasteiger partial charge is 0.466 e. The molecule has 0 fully saturated rings. The van der Waals surface area contributed by atoms with E-state index in [0.717, 1.165) is 11.3 Å². The van der Waals surface area contributed by atoms with Crippen molar-refractivity contribution in [2.45, 2.75) is 9.81 Å². The van der Waals surface area contributed by atoms with Gasteiger partial charge in [0, 0.05) is 5.56 Å². The van der Waals surface area contributed by atoms with Gasteiger partial charge in [-0.1, -0.05) is 11.6 Å². The average Bonchev–Trinajstić information content (AvgIpc) is 3.25. The summed E-state index contributed by atoms with van der Waals surface area (Å²) in [6.07, 6.45) is 1.43. The van der Waals surface area contributed by atoms with Gasteiger partial charge in [-0.25, -0.2) is 13.1 Å². The number of halogens is 1. The molecule has 0 amide bonds. The summed E-state index contributed by atoms with van der Waals surface area (Å²) in [6, 6.07) is 7.90. The summed E-state index contributed by atoms with van der Waals surface area (Å²) in [6.45, 7) is -0.255. The molecular formula is C14H12ClNO4S3. The first kappa shape index (κ1) is 16.7. The van der Waals surface area contributed by atoms with Crippen LogP contribution in [-0.2, 0) is 15.6 Å². The quantitative estimate of drug-likeness (QED) is 0.678. The SMILES string of the molecule is O=S(=O)(NCC(O)(c1ccsc1)c1ccco1)c1ccc(Cl)s1. The average molecular weight is 390 g/mol. The number of furan rings is 1. The normalized spacial score (nSPS) is 14.7. The summed E-state index contributed by atoms with van der Waals surface area (Å²) in [5.41, 5.74) is -1.03. The second-order valence-corrected chi connectivity index (χ2v) is 9.22. The Balaban J connectivity index is 1.89. The van der Waals surface area contributed by atoms with Gasteiger partial charge in [-0.05, 0) is 41.1 Å². The van der Waals surface area contributed by atoms with Crippen molar-refractivity contribution in [1.82, 2.24) is 4.72 Å². The van der Waals surface area contributed by atoms with E-state index in [9.17, 15) is 13.5 Å². The maximum atomic E-state index is 12.3. The fourth-order valence-corrected chi connectivity index (χ4v) is 5.37. The van der Waals surface area contributed by atoms with Gasteiger partial charge < -0.3 is 9.52 Å². The Kier molecular flexibility index (Phi) is 4.63. The molecule has 0 aliphatic rings. The molecule has 0 bridgehead atoms. The van der Waals surface area contributed by atoms with Crippen LogP contribution in [0.3, 0.4) is 0 Å². The van der Waals surface area contributed by atoms with E-state index in [1.807, 2.05) is 0 Å². The molecule has 0 spiro atoms. The topological polar surface area (TPSA) is 79.5 Å². The second kappa shape index (κ2) is 6.39. The van der Waals surface area contributed by atoms with Crippen molar-refractivity contribution < 1.29 is 17.9 Å². The van der Waals surface area contributed by atoms with Crippen LogP contribution in [0.25, 0.3) is 0 Å². The van der Waals surface area contributed by atoms with Crippen LogP contribution in [0.4, 0.5) is 0 Å². The van der Waals surface area contributed by atoms with Crippen LogP contribution in [0.2, 0.25) is 4.34 Å². The maximum Gasteiger partial charge on any atom is 0.250 e. The zero-order valence-corrected chi connectivity index (χ0v) is 14.8. The van der Waals surface area contributed by atoms with E-state index in [2.05, 4.69) is 4.72 Å². The molecule has 2 N–H and O–H groups in total. The lowest BCUT2D eigenvalue weighted by molar-refractivity contribution is 0.0623. The van der Waals surface area contributed by atoms with Crippen molar-refractivity contribution in [3.63, 3.8) is 0 Å². The molecule has 0 aromatic carbocycles. The highest BCUT2D eigenvalue weighted by Gasteiger charge is 2.36. The van der Waals surface area contributed by atoms with E-state index in [4.69, 9.17) is 16.0 Å². The molecule has 1 unspecified atom stereocenters. The molecule has 5 nitrogen and oxygen atoms in total. The van der Waals surface area contributed by atoms with Crippen molar-refractivity contribution in [2.24, 2.45) is 0 Å². The highest BCUT2D eigenvalue weighted by atomic mass is 35.5. The molecule has 0 aliphatic carbocycles. The standard InChI is InChI=1S/C14H12ClNO4S3/c15-12-3-4-13(22-12)23(18,19)16-9-14(17,10-5-7-21-8-10)11-2-1-6-20-11/h1-8,16-17H,9H2. The summed E-state index contributed by atoms with van der Waals surface area (Å²) in [7, 11) is -3.77.